The molecule has 2 heterocycles. The van der Waals surface area contributed by atoms with Gasteiger partial charge in [-0.25, -0.2) is 0 Å². The van der Waals surface area contributed by atoms with Crippen LogP contribution in [0.1, 0.15) is 101 Å². The quantitative estimate of drug-likeness (QED) is 0.220. The molecule has 2 fully saturated rings. The number of carbonyl (C=O) groups is 4. The van der Waals surface area contributed by atoms with Crippen LogP contribution in [0.4, 0.5) is 0 Å². The summed E-state index contributed by atoms with van der Waals surface area (Å²) in [7, 11) is 3.47. The monoisotopic (exact) mass is 651 g/mol. The van der Waals surface area contributed by atoms with Crippen molar-refractivity contribution in [2.75, 3.05) is 66.5 Å². The van der Waals surface area contributed by atoms with Gasteiger partial charge in [0.15, 0.2) is 0 Å². The van der Waals surface area contributed by atoms with Gasteiger partial charge in [-0.1, -0.05) is 61.0 Å². The lowest BCUT2D eigenvalue weighted by atomic mass is 9.99. The number of hydrogen-bond donors (Lipinski definition) is 1. The zero-order valence-electron chi connectivity index (χ0n) is 31.6. The first-order valence-electron chi connectivity index (χ1n) is 17.8. The molecule has 2 rings (SSSR count). The molecule has 2 aliphatic heterocycles. The van der Waals surface area contributed by atoms with Crippen molar-refractivity contribution in [1.29, 1.82) is 0 Å². The Hall–Kier alpha value is -2.46. The summed E-state index contributed by atoms with van der Waals surface area (Å²) in [5.74, 6) is 0.482. The number of rotatable bonds is 14. The topological polar surface area (TPSA) is 96.5 Å². The SMILES string of the molecule is CC(C)C.CC(C)N1CCCCC1.CCN(CC)CCN(C)C(=O)[C@@H]1CCCN1C(=O)/C(C)=C/[C@H](C(C)C)N(C)C(=O)CNC=O. The molecule has 10 heteroatoms. The summed E-state index contributed by atoms with van der Waals surface area (Å²) in [5.41, 5.74) is 0.516. The number of likely N-dealkylation sites (N-methyl/N-ethyl adjacent to an activating group) is 3. The van der Waals surface area contributed by atoms with E-state index in [0.29, 0.717) is 31.5 Å². The molecule has 0 radical (unpaired) electrons. The molecule has 0 aliphatic carbocycles. The summed E-state index contributed by atoms with van der Waals surface area (Å²) in [6, 6.07) is 0.0184. The third-order valence-corrected chi connectivity index (χ3v) is 8.56. The number of nitrogens with zero attached hydrogens (tertiary/aromatic N) is 5. The molecule has 0 saturated carbocycles. The van der Waals surface area contributed by atoms with E-state index in [0.717, 1.165) is 38.0 Å². The van der Waals surface area contributed by atoms with Crippen molar-refractivity contribution >= 4 is 24.1 Å². The molecule has 2 saturated heterocycles. The Bertz CT molecular complexity index is 909. The second-order valence-electron chi connectivity index (χ2n) is 14.0. The predicted molar refractivity (Wildman–Crippen MR) is 190 cm³/mol. The summed E-state index contributed by atoms with van der Waals surface area (Å²) in [5, 5.41) is 2.38. The van der Waals surface area contributed by atoms with Crippen LogP contribution in [0.15, 0.2) is 11.6 Å². The lowest BCUT2D eigenvalue weighted by molar-refractivity contribution is -0.141. The van der Waals surface area contributed by atoms with E-state index >= 15 is 0 Å². The maximum absolute atomic E-state index is 13.3. The molecule has 0 spiro atoms. The average molecular weight is 651 g/mol. The molecule has 0 aromatic carbocycles. The van der Waals surface area contributed by atoms with E-state index in [9.17, 15) is 19.2 Å². The van der Waals surface area contributed by atoms with Gasteiger partial charge in [-0.15, -0.1) is 0 Å². The van der Waals surface area contributed by atoms with Gasteiger partial charge in [0.2, 0.25) is 24.1 Å². The van der Waals surface area contributed by atoms with Gasteiger partial charge in [-0.3, -0.25) is 19.2 Å². The van der Waals surface area contributed by atoms with Gasteiger partial charge in [-0.2, -0.15) is 0 Å². The van der Waals surface area contributed by atoms with Crippen LogP contribution in [0.25, 0.3) is 0 Å². The highest BCUT2D eigenvalue weighted by Crippen LogP contribution is 2.23. The molecule has 0 aromatic heterocycles. The van der Waals surface area contributed by atoms with Crippen molar-refractivity contribution in [3.05, 3.63) is 11.6 Å². The van der Waals surface area contributed by atoms with E-state index in [1.54, 1.807) is 41.8 Å². The van der Waals surface area contributed by atoms with Gasteiger partial charge in [-0.05, 0) is 84.5 Å². The summed E-state index contributed by atoms with van der Waals surface area (Å²) in [6.45, 7) is 27.4. The zero-order valence-corrected chi connectivity index (χ0v) is 31.6. The van der Waals surface area contributed by atoms with Crippen LogP contribution in [0.2, 0.25) is 0 Å². The van der Waals surface area contributed by atoms with Gasteiger partial charge < -0.3 is 29.8 Å². The molecule has 0 bridgehead atoms. The minimum absolute atomic E-state index is 0.0200. The fraction of sp³-hybridized carbons (Fsp3) is 0.833. The van der Waals surface area contributed by atoms with Crippen LogP contribution in [-0.2, 0) is 19.2 Å². The van der Waals surface area contributed by atoms with Crippen LogP contribution in [-0.4, -0.2) is 133 Å². The highest BCUT2D eigenvalue weighted by molar-refractivity contribution is 5.97. The van der Waals surface area contributed by atoms with E-state index in [-0.39, 0.29) is 36.2 Å². The first kappa shape index (κ1) is 43.5. The number of hydrogen-bond acceptors (Lipinski definition) is 6. The highest BCUT2D eigenvalue weighted by atomic mass is 16.2. The molecule has 2 aliphatic rings. The minimum Gasteiger partial charge on any atom is -0.350 e. The molecule has 268 valence electrons. The molecular weight excluding hydrogens is 580 g/mol. The first-order chi connectivity index (χ1) is 21.6. The maximum atomic E-state index is 13.3. The molecule has 2 atom stereocenters. The zero-order chi connectivity index (χ0) is 35.4. The maximum Gasteiger partial charge on any atom is 0.249 e. The van der Waals surface area contributed by atoms with Crippen molar-refractivity contribution in [3.63, 3.8) is 0 Å². The van der Waals surface area contributed by atoms with Gasteiger partial charge >= 0.3 is 0 Å². The van der Waals surface area contributed by atoms with Crippen LogP contribution in [0.5, 0.6) is 0 Å². The molecule has 10 nitrogen and oxygen atoms in total. The lowest BCUT2D eigenvalue weighted by Gasteiger charge is -2.31. The normalized spacial score (nSPS) is 17.7. The van der Waals surface area contributed by atoms with Gasteiger partial charge in [0.1, 0.15) is 6.04 Å². The largest absolute Gasteiger partial charge is 0.350 e. The van der Waals surface area contributed by atoms with Crippen LogP contribution < -0.4 is 5.32 Å². The van der Waals surface area contributed by atoms with E-state index < -0.39 is 6.04 Å². The van der Waals surface area contributed by atoms with Crippen molar-refractivity contribution < 1.29 is 19.2 Å². The third kappa shape index (κ3) is 16.4. The molecular formula is C36H70N6O4. The van der Waals surface area contributed by atoms with E-state index in [1.807, 2.05) is 13.8 Å². The standard InChI is InChI=1S/C24H43N5O4.C8H17N.C4H10/c1-8-28(9-2)14-13-26(6)24(33)20-11-10-12-29(20)23(32)19(5)15-21(18(3)4)27(7)22(31)16-25-17-30;1-8(2)9-6-4-3-5-7-9;1-4(2)3/h15,17-18,20-21H,8-14,16H2,1-7H3,(H,25,30);8H,3-7H2,1-2H3;4H,1-3H3/b19-15+;;/t20-,21+;;/m0../s1. The number of piperidine rings is 1. The first-order valence-corrected chi connectivity index (χ1v) is 17.8. The number of likely N-dealkylation sites (tertiary alicyclic amines) is 2. The minimum atomic E-state index is -0.448. The van der Waals surface area contributed by atoms with Crippen molar-refractivity contribution in [2.24, 2.45) is 11.8 Å². The van der Waals surface area contributed by atoms with E-state index in [2.05, 4.69) is 63.6 Å². The number of amides is 4. The fourth-order valence-electron chi connectivity index (χ4n) is 5.62. The lowest BCUT2D eigenvalue weighted by Crippen LogP contribution is -2.48. The molecule has 46 heavy (non-hydrogen) atoms. The second-order valence-corrected chi connectivity index (χ2v) is 14.0. The van der Waals surface area contributed by atoms with Crippen LogP contribution in [0.3, 0.4) is 0 Å². The van der Waals surface area contributed by atoms with Crippen LogP contribution >= 0.6 is 0 Å². The number of carbonyl (C=O) groups excluding carboxylic acids is 4. The Labute approximate surface area is 282 Å². The summed E-state index contributed by atoms with van der Waals surface area (Å²) in [4.78, 5) is 59.0. The van der Waals surface area contributed by atoms with Crippen molar-refractivity contribution in [3.8, 4) is 0 Å². The molecule has 4 amide bonds. The van der Waals surface area contributed by atoms with Gasteiger partial charge in [0.25, 0.3) is 0 Å². The second kappa shape index (κ2) is 23.8. The Balaban J connectivity index is 0.00000128. The Kier molecular flexibility index (Phi) is 22.5. The Morgan fingerprint density at radius 2 is 1.43 bits per heavy atom. The molecule has 1 N–H and O–H groups in total. The highest BCUT2D eigenvalue weighted by Gasteiger charge is 2.36. The van der Waals surface area contributed by atoms with Gasteiger partial charge in [0.05, 0.1) is 12.6 Å². The summed E-state index contributed by atoms with van der Waals surface area (Å²) in [6.07, 6.45) is 8.03. The molecule has 0 aromatic rings. The fourth-order valence-corrected chi connectivity index (χ4v) is 5.62. The van der Waals surface area contributed by atoms with E-state index in [4.69, 9.17) is 0 Å². The van der Waals surface area contributed by atoms with Crippen molar-refractivity contribution in [1.82, 2.24) is 29.8 Å². The summed E-state index contributed by atoms with van der Waals surface area (Å²) >= 11 is 0. The smallest absolute Gasteiger partial charge is 0.249 e. The van der Waals surface area contributed by atoms with Gasteiger partial charge in [0, 0.05) is 45.3 Å². The predicted octanol–water partition coefficient (Wildman–Crippen LogP) is 4.50. The van der Waals surface area contributed by atoms with Crippen LogP contribution in [0, 0.1) is 11.8 Å². The van der Waals surface area contributed by atoms with Crippen molar-refractivity contribution in [2.45, 2.75) is 119 Å². The third-order valence-electron chi connectivity index (χ3n) is 8.56. The van der Waals surface area contributed by atoms with E-state index in [1.165, 1.54) is 32.4 Å². The average Bonchev–Trinajstić information content (AvgIpc) is 3.52. The molecule has 0 unspecified atom stereocenters. The Morgan fingerprint density at radius 3 is 1.89 bits per heavy atom. The summed E-state index contributed by atoms with van der Waals surface area (Å²) < 4.78 is 0. The number of nitrogens with one attached hydrogen (secondary N) is 1. The Morgan fingerprint density at radius 1 is 0.870 bits per heavy atom.